The molecule has 0 spiro atoms. The SMILES string of the molecule is CCN1CC(CNC(=O)c2nc(C(C)C)n(-c3cccc(F)c3)n2)CC1=O. The molecule has 1 fully saturated rings. The van der Waals surface area contributed by atoms with Gasteiger partial charge >= 0.3 is 0 Å². The average molecular weight is 373 g/mol. The van der Waals surface area contributed by atoms with E-state index < -0.39 is 5.91 Å². The van der Waals surface area contributed by atoms with E-state index in [1.165, 1.54) is 16.8 Å². The highest BCUT2D eigenvalue weighted by Gasteiger charge is 2.29. The minimum absolute atomic E-state index is 0.00730. The molecule has 1 aromatic carbocycles. The van der Waals surface area contributed by atoms with Crippen molar-refractivity contribution >= 4 is 11.8 Å². The molecule has 2 amide bonds. The van der Waals surface area contributed by atoms with Crippen LogP contribution in [0.15, 0.2) is 24.3 Å². The van der Waals surface area contributed by atoms with Crippen molar-refractivity contribution in [3.8, 4) is 5.69 Å². The summed E-state index contributed by atoms with van der Waals surface area (Å²) in [6.07, 6.45) is 0.441. The maximum Gasteiger partial charge on any atom is 0.290 e. The van der Waals surface area contributed by atoms with Gasteiger partial charge in [0.15, 0.2) is 0 Å². The van der Waals surface area contributed by atoms with Gasteiger partial charge in [0.2, 0.25) is 11.7 Å². The molecule has 1 aliphatic rings. The van der Waals surface area contributed by atoms with Crippen LogP contribution in [0.25, 0.3) is 5.69 Å². The predicted molar refractivity (Wildman–Crippen MR) is 98.1 cm³/mol. The molecule has 7 nitrogen and oxygen atoms in total. The number of hydrogen-bond donors (Lipinski definition) is 1. The molecule has 8 heteroatoms. The van der Waals surface area contributed by atoms with Crippen LogP contribution in [0.5, 0.6) is 0 Å². The Morgan fingerprint density at radius 2 is 2.19 bits per heavy atom. The Morgan fingerprint density at radius 1 is 1.41 bits per heavy atom. The van der Waals surface area contributed by atoms with Gasteiger partial charge in [-0.15, -0.1) is 5.10 Å². The summed E-state index contributed by atoms with van der Waals surface area (Å²) in [4.78, 5) is 30.4. The van der Waals surface area contributed by atoms with Crippen LogP contribution in [0.2, 0.25) is 0 Å². The van der Waals surface area contributed by atoms with Crippen LogP contribution in [-0.4, -0.2) is 51.1 Å². The lowest BCUT2D eigenvalue weighted by molar-refractivity contribution is -0.127. The molecular formula is C19H24FN5O2. The molecule has 3 rings (SSSR count). The van der Waals surface area contributed by atoms with Gasteiger partial charge in [-0.2, -0.15) is 0 Å². The van der Waals surface area contributed by atoms with Crippen LogP contribution in [-0.2, 0) is 4.79 Å². The first kappa shape index (κ1) is 19.0. The Balaban J connectivity index is 1.74. The number of nitrogens with one attached hydrogen (secondary N) is 1. The van der Waals surface area contributed by atoms with E-state index in [-0.39, 0.29) is 29.4 Å². The van der Waals surface area contributed by atoms with Gasteiger partial charge in [0, 0.05) is 37.9 Å². The molecule has 1 atom stereocenters. The molecule has 1 N–H and O–H groups in total. The van der Waals surface area contributed by atoms with Crippen LogP contribution in [0, 0.1) is 11.7 Å². The Kier molecular flexibility index (Phi) is 5.53. The first-order valence-corrected chi connectivity index (χ1v) is 9.18. The number of amides is 2. The fourth-order valence-corrected chi connectivity index (χ4v) is 3.20. The van der Waals surface area contributed by atoms with Crippen molar-refractivity contribution in [2.75, 3.05) is 19.6 Å². The highest BCUT2D eigenvalue weighted by Crippen LogP contribution is 2.19. The number of carbonyl (C=O) groups is 2. The summed E-state index contributed by atoms with van der Waals surface area (Å²) in [5, 5.41) is 7.10. The van der Waals surface area contributed by atoms with Gasteiger partial charge in [0.05, 0.1) is 5.69 Å². The highest BCUT2D eigenvalue weighted by molar-refractivity contribution is 5.90. The van der Waals surface area contributed by atoms with Crippen LogP contribution < -0.4 is 5.32 Å². The van der Waals surface area contributed by atoms with Crippen molar-refractivity contribution in [1.29, 1.82) is 0 Å². The molecule has 0 radical (unpaired) electrons. The van der Waals surface area contributed by atoms with Crippen LogP contribution >= 0.6 is 0 Å². The van der Waals surface area contributed by atoms with Crippen molar-refractivity contribution in [3.63, 3.8) is 0 Å². The smallest absolute Gasteiger partial charge is 0.290 e. The lowest BCUT2D eigenvalue weighted by Crippen LogP contribution is -2.31. The van der Waals surface area contributed by atoms with E-state index in [9.17, 15) is 14.0 Å². The summed E-state index contributed by atoms with van der Waals surface area (Å²) in [5.74, 6) is 0.0691. The Hall–Kier alpha value is -2.77. The van der Waals surface area contributed by atoms with Crippen molar-refractivity contribution in [1.82, 2.24) is 25.0 Å². The summed E-state index contributed by atoms with van der Waals surface area (Å²) < 4.78 is 15.1. The Morgan fingerprint density at radius 3 is 2.81 bits per heavy atom. The number of benzene rings is 1. The van der Waals surface area contributed by atoms with Gasteiger partial charge in [-0.3, -0.25) is 9.59 Å². The molecule has 144 valence electrons. The van der Waals surface area contributed by atoms with Gasteiger partial charge in [0.1, 0.15) is 11.6 Å². The average Bonchev–Trinajstić information content (AvgIpc) is 3.23. The van der Waals surface area contributed by atoms with Gasteiger partial charge in [0.25, 0.3) is 5.91 Å². The van der Waals surface area contributed by atoms with E-state index in [1.807, 2.05) is 20.8 Å². The summed E-state index contributed by atoms with van der Waals surface area (Å²) in [6, 6.07) is 6.01. The maximum atomic E-state index is 13.6. The van der Waals surface area contributed by atoms with Crippen molar-refractivity contribution in [2.24, 2.45) is 5.92 Å². The Labute approximate surface area is 157 Å². The van der Waals surface area contributed by atoms with E-state index in [1.54, 1.807) is 17.0 Å². The first-order chi connectivity index (χ1) is 12.9. The molecule has 2 aromatic rings. The highest BCUT2D eigenvalue weighted by atomic mass is 19.1. The summed E-state index contributed by atoms with van der Waals surface area (Å²) in [5.41, 5.74) is 0.519. The minimum atomic E-state index is -0.394. The second kappa shape index (κ2) is 7.85. The zero-order valence-electron chi connectivity index (χ0n) is 15.8. The molecule has 1 saturated heterocycles. The number of halogens is 1. The second-order valence-electron chi connectivity index (χ2n) is 7.05. The third-order valence-electron chi connectivity index (χ3n) is 4.63. The third kappa shape index (κ3) is 4.15. The summed E-state index contributed by atoms with van der Waals surface area (Å²) in [7, 11) is 0. The molecule has 0 aliphatic carbocycles. The minimum Gasteiger partial charge on any atom is -0.349 e. The summed E-state index contributed by atoms with van der Waals surface area (Å²) >= 11 is 0. The maximum absolute atomic E-state index is 13.6. The lowest BCUT2D eigenvalue weighted by Gasteiger charge is -2.13. The fourth-order valence-electron chi connectivity index (χ4n) is 3.20. The van der Waals surface area contributed by atoms with E-state index in [0.717, 1.165) is 0 Å². The molecule has 1 aliphatic heterocycles. The standard InChI is InChI=1S/C19H24FN5O2/c1-4-24-11-13(8-16(24)26)10-21-19(27)17-22-18(12(2)3)25(23-17)15-7-5-6-14(20)9-15/h5-7,9,12-13H,4,8,10-11H2,1-3H3,(H,21,27). The molecule has 27 heavy (non-hydrogen) atoms. The zero-order valence-corrected chi connectivity index (χ0v) is 15.8. The van der Waals surface area contributed by atoms with Crippen molar-refractivity contribution < 1.29 is 14.0 Å². The largest absolute Gasteiger partial charge is 0.349 e. The third-order valence-corrected chi connectivity index (χ3v) is 4.63. The number of aromatic nitrogens is 3. The van der Waals surface area contributed by atoms with Crippen molar-refractivity contribution in [2.45, 2.75) is 33.1 Å². The van der Waals surface area contributed by atoms with E-state index in [2.05, 4.69) is 15.4 Å². The number of rotatable bonds is 6. The predicted octanol–water partition coefficient (Wildman–Crippen LogP) is 2.13. The van der Waals surface area contributed by atoms with E-state index >= 15 is 0 Å². The first-order valence-electron chi connectivity index (χ1n) is 9.18. The quantitative estimate of drug-likeness (QED) is 0.841. The summed E-state index contributed by atoms with van der Waals surface area (Å²) in [6.45, 7) is 7.54. The molecule has 1 aromatic heterocycles. The molecule has 2 heterocycles. The molecule has 0 bridgehead atoms. The topological polar surface area (TPSA) is 80.1 Å². The number of hydrogen-bond acceptors (Lipinski definition) is 4. The van der Waals surface area contributed by atoms with Crippen molar-refractivity contribution in [3.05, 3.63) is 41.7 Å². The lowest BCUT2D eigenvalue weighted by atomic mass is 10.1. The van der Waals surface area contributed by atoms with Crippen LogP contribution in [0.4, 0.5) is 4.39 Å². The van der Waals surface area contributed by atoms with E-state index in [4.69, 9.17) is 0 Å². The van der Waals surface area contributed by atoms with Crippen LogP contribution in [0.1, 0.15) is 49.6 Å². The van der Waals surface area contributed by atoms with Gasteiger partial charge in [-0.25, -0.2) is 14.1 Å². The Bertz CT molecular complexity index is 848. The molecule has 1 unspecified atom stereocenters. The van der Waals surface area contributed by atoms with E-state index in [0.29, 0.717) is 37.6 Å². The number of carbonyl (C=O) groups excluding carboxylic acids is 2. The zero-order chi connectivity index (χ0) is 19.6. The van der Waals surface area contributed by atoms with Crippen LogP contribution in [0.3, 0.4) is 0 Å². The monoisotopic (exact) mass is 373 g/mol. The van der Waals surface area contributed by atoms with Gasteiger partial charge < -0.3 is 10.2 Å². The molecular weight excluding hydrogens is 349 g/mol. The molecule has 0 saturated carbocycles. The van der Waals surface area contributed by atoms with Gasteiger partial charge in [-0.1, -0.05) is 19.9 Å². The number of likely N-dealkylation sites (tertiary alicyclic amines) is 1. The van der Waals surface area contributed by atoms with Gasteiger partial charge in [-0.05, 0) is 25.1 Å². The normalized spacial score (nSPS) is 17.0. The fraction of sp³-hybridized carbons (Fsp3) is 0.474. The number of nitrogens with zero attached hydrogens (tertiary/aromatic N) is 4. The second-order valence-corrected chi connectivity index (χ2v) is 7.05.